The summed E-state index contributed by atoms with van der Waals surface area (Å²) < 4.78 is 45.0. The molecule has 0 radical (unpaired) electrons. The Balaban J connectivity index is 1.41. The number of thiazole rings is 1. The third-order valence-electron chi connectivity index (χ3n) is 5.04. The maximum absolute atomic E-state index is 13.1. The van der Waals surface area contributed by atoms with Gasteiger partial charge in [0.25, 0.3) is 5.91 Å². The number of sulfonamides is 1. The number of piperazine rings is 1. The third-order valence-corrected chi connectivity index (χ3v) is 7.84. The average molecular weight is 462 g/mol. The minimum Gasteiger partial charge on any atom is -0.497 e. The van der Waals surface area contributed by atoms with E-state index in [1.165, 1.54) is 27.8 Å². The van der Waals surface area contributed by atoms with Gasteiger partial charge in [-0.3, -0.25) is 4.79 Å². The highest BCUT2D eigenvalue weighted by Gasteiger charge is 2.31. The summed E-state index contributed by atoms with van der Waals surface area (Å²) in [6, 6.07) is 12.2. The van der Waals surface area contributed by atoms with Crippen molar-refractivity contribution >= 4 is 27.3 Å². The van der Waals surface area contributed by atoms with Crippen LogP contribution < -0.4 is 4.74 Å². The minimum atomic E-state index is -3.73. The molecule has 1 aliphatic heterocycles. The molecule has 3 aromatic rings. The maximum Gasteiger partial charge on any atom is 0.273 e. The van der Waals surface area contributed by atoms with Gasteiger partial charge in [-0.15, -0.1) is 11.3 Å². The molecule has 4 rings (SSSR count). The number of benzene rings is 2. The number of rotatable bonds is 5. The first kappa shape index (κ1) is 21.4. The van der Waals surface area contributed by atoms with Crippen molar-refractivity contribution in [3.63, 3.8) is 0 Å². The molecule has 0 saturated carbocycles. The van der Waals surface area contributed by atoms with Crippen molar-refractivity contribution < 1.29 is 22.3 Å². The molecule has 1 fully saturated rings. The monoisotopic (exact) mass is 461 g/mol. The van der Waals surface area contributed by atoms with Gasteiger partial charge in [-0.25, -0.2) is 17.8 Å². The van der Waals surface area contributed by atoms with Crippen LogP contribution in [0.2, 0.25) is 0 Å². The number of aromatic nitrogens is 1. The van der Waals surface area contributed by atoms with Gasteiger partial charge in [0, 0.05) is 37.1 Å². The van der Waals surface area contributed by atoms with Crippen molar-refractivity contribution in [2.45, 2.75) is 4.90 Å². The van der Waals surface area contributed by atoms with Crippen molar-refractivity contribution in [3.8, 4) is 16.3 Å². The Hall–Kier alpha value is -2.82. The van der Waals surface area contributed by atoms with Gasteiger partial charge in [0.15, 0.2) is 0 Å². The molecule has 0 atom stereocenters. The summed E-state index contributed by atoms with van der Waals surface area (Å²) >= 11 is 1.38. The molecule has 31 heavy (non-hydrogen) atoms. The number of hydrogen-bond donors (Lipinski definition) is 0. The van der Waals surface area contributed by atoms with Crippen molar-refractivity contribution in [1.29, 1.82) is 0 Å². The van der Waals surface area contributed by atoms with Gasteiger partial charge in [0.1, 0.15) is 22.3 Å². The van der Waals surface area contributed by atoms with E-state index in [4.69, 9.17) is 4.74 Å². The zero-order valence-electron chi connectivity index (χ0n) is 16.7. The summed E-state index contributed by atoms with van der Waals surface area (Å²) in [4.78, 5) is 18.9. The fraction of sp³-hybridized carbons (Fsp3) is 0.238. The van der Waals surface area contributed by atoms with E-state index in [0.29, 0.717) is 5.69 Å². The molecule has 0 spiro atoms. The largest absolute Gasteiger partial charge is 0.497 e. The van der Waals surface area contributed by atoms with Gasteiger partial charge in [0.05, 0.1) is 12.0 Å². The van der Waals surface area contributed by atoms with Crippen molar-refractivity contribution in [3.05, 3.63) is 65.4 Å². The van der Waals surface area contributed by atoms with Crippen LogP contribution >= 0.6 is 11.3 Å². The summed E-state index contributed by atoms with van der Waals surface area (Å²) in [6.07, 6.45) is 0. The second kappa shape index (κ2) is 8.74. The predicted octanol–water partition coefficient (Wildman–Crippen LogP) is 3.10. The van der Waals surface area contributed by atoms with E-state index in [1.54, 1.807) is 17.4 Å². The number of carbonyl (C=O) groups is 1. The first-order valence-electron chi connectivity index (χ1n) is 9.53. The number of nitrogens with zero attached hydrogens (tertiary/aromatic N) is 3. The quantitative estimate of drug-likeness (QED) is 0.583. The second-order valence-electron chi connectivity index (χ2n) is 6.92. The highest BCUT2D eigenvalue weighted by molar-refractivity contribution is 7.89. The van der Waals surface area contributed by atoms with Crippen LogP contribution in [0.4, 0.5) is 4.39 Å². The van der Waals surface area contributed by atoms with Gasteiger partial charge >= 0.3 is 0 Å². The van der Waals surface area contributed by atoms with Crippen LogP contribution in [0, 0.1) is 5.82 Å². The molecule has 0 bridgehead atoms. The number of carbonyl (C=O) groups excluding carboxylic acids is 1. The van der Waals surface area contributed by atoms with E-state index in [-0.39, 0.29) is 37.0 Å². The number of halogens is 1. The molecule has 1 saturated heterocycles. The Morgan fingerprint density at radius 2 is 1.68 bits per heavy atom. The third kappa shape index (κ3) is 4.46. The Bertz CT molecular complexity index is 1170. The van der Waals surface area contributed by atoms with Crippen LogP contribution in [0.3, 0.4) is 0 Å². The highest BCUT2D eigenvalue weighted by Crippen LogP contribution is 2.26. The predicted molar refractivity (Wildman–Crippen MR) is 115 cm³/mol. The van der Waals surface area contributed by atoms with Crippen LogP contribution in [0.15, 0.2) is 58.8 Å². The molecule has 1 aliphatic rings. The Labute approximate surface area is 183 Å². The normalized spacial score (nSPS) is 15.1. The van der Waals surface area contributed by atoms with Crippen molar-refractivity contribution in [2.75, 3.05) is 33.3 Å². The number of amides is 1. The Kier molecular flexibility index (Phi) is 6.03. The molecule has 1 amide bonds. The van der Waals surface area contributed by atoms with E-state index in [0.717, 1.165) is 28.5 Å². The molecule has 0 unspecified atom stereocenters. The molecule has 7 nitrogen and oxygen atoms in total. The lowest BCUT2D eigenvalue weighted by Gasteiger charge is -2.33. The average Bonchev–Trinajstić information content (AvgIpc) is 3.29. The lowest BCUT2D eigenvalue weighted by Crippen LogP contribution is -2.50. The molecule has 2 heterocycles. The van der Waals surface area contributed by atoms with Gasteiger partial charge < -0.3 is 9.64 Å². The first-order valence-corrected chi connectivity index (χ1v) is 11.9. The Morgan fingerprint density at radius 1 is 1.03 bits per heavy atom. The van der Waals surface area contributed by atoms with Gasteiger partial charge in [-0.2, -0.15) is 4.31 Å². The summed E-state index contributed by atoms with van der Waals surface area (Å²) in [6.45, 7) is 0.852. The lowest BCUT2D eigenvalue weighted by molar-refractivity contribution is 0.0693. The molecular weight excluding hydrogens is 441 g/mol. The number of ether oxygens (including phenoxy) is 1. The van der Waals surface area contributed by atoms with E-state index >= 15 is 0 Å². The lowest BCUT2D eigenvalue weighted by atomic mass is 10.2. The Morgan fingerprint density at radius 3 is 2.29 bits per heavy atom. The second-order valence-corrected chi connectivity index (χ2v) is 9.71. The van der Waals surface area contributed by atoms with Crippen LogP contribution in [0.25, 0.3) is 10.6 Å². The van der Waals surface area contributed by atoms with Crippen LogP contribution in [0.1, 0.15) is 10.5 Å². The van der Waals surface area contributed by atoms with E-state index < -0.39 is 15.8 Å². The summed E-state index contributed by atoms with van der Waals surface area (Å²) in [7, 11) is -2.13. The van der Waals surface area contributed by atoms with Crippen LogP contribution in [-0.2, 0) is 10.0 Å². The topological polar surface area (TPSA) is 79.8 Å². The fourth-order valence-corrected chi connectivity index (χ4v) is 5.51. The number of methoxy groups -OCH3 is 1. The van der Waals surface area contributed by atoms with Crippen LogP contribution in [0.5, 0.6) is 5.75 Å². The summed E-state index contributed by atoms with van der Waals surface area (Å²) in [5.41, 5.74) is 1.23. The molecular formula is C21H20FN3O4S2. The zero-order valence-corrected chi connectivity index (χ0v) is 18.3. The smallest absolute Gasteiger partial charge is 0.273 e. The van der Waals surface area contributed by atoms with Gasteiger partial charge in [0.2, 0.25) is 10.0 Å². The van der Waals surface area contributed by atoms with E-state index in [2.05, 4.69) is 4.98 Å². The SMILES string of the molecule is COc1ccc(-c2nc(C(=O)N3CCN(S(=O)(=O)c4ccc(F)cc4)CC3)cs2)cc1. The minimum absolute atomic E-state index is 0.0392. The van der Waals surface area contributed by atoms with Gasteiger partial charge in [-0.1, -0.05) is 0 Å². The van der Waals surface area contributed by atoms with E-state index in [1.807, 2.05) is 24.3 Å². The summed E-state index contributed by atoms with van der Waals surface area (Å²) in [5, 5.41) is 2.44. The standard InChI is InChI=1S/C21H20FN3O4S2/c1-29-17-6-2-15(3-7-17)20-23-19(14-30-20)21(26)24-10-12-25(13-11-24)31(27,28)18-8-4-16(22)5-9-18/h2-9,14H,10-13H2,1H3. The molecule has 0 N–H and O–H groups in total. The maximum atomic E-state index is 13.1. The van der Waals surface area contributed by atoms with Crippen molar-refractivity contribution in [1.82, 2.24) is 14.2 Å². The van der Waals surface area contributed by atoms with Gasteiger partial charge in [-0.05, 0) is 48.5 Å². The number of hydrogen-bond acceptors (Lipinski definition) is 6. The first-order chi connectivity index (χ1) is 14.9. The molecule has 1 aromatic heterocycles. The zero-order chi connectivity index (χ0) is 22.0. The molecule has 10 heteroatoms. The van der Waals surface area contributed by atoms with E-state index in [9.17, 15) is 17.6 Å². The van der Waals surface area contributed by atoms with Crippen LogP contribution in [-0.4, -0.2) is 61.8 Å². The molecule has 0 aliphatic carbocycles. The summed E-state index contributed by atoms with van der Waals surface area (Å²) in [5.74, 6) is 0.0200. The van der Waals surface area contributed by atoms with Crippen molar-refractivity contribution in [2.24, 2.45) is 0 Å². The molecule has 2 aromatic carbocycles. The highest BCUT2D eigenvalue weighted by atomic mass is 32.2. The molecule has 162 valence electrons. The fourth-order valence-electron chi connectivity index (χ4n) is 3.29.